The minimum Gasteiger partial charge on any atom is -0.336 e. The molecule has 0 bridgehead atoms. The van der Waals surface area contributed by atoms with Gasteiger partial charge in [0.1, 0.15) is 0 Å². The van der Waals surface area contributed by atoms with Crippen molar-refractivity contribution >= 4 is 11.9 Å². The fourth-order valence-electron chi connectivity index (χ4n) is 3.67. The number of hydrogen-bond donors (Lipinski definition) is 2. The van der Waals surface area contributed by atoms with Gasteiger partial charge in [0.2, 0.25) is 0 Å². The van der Waals surface area contributed by atoms with Gasteiger partial charge in [0.25, 0.3) is 5.91 Å². The van der Waals surface area contributed by atoms with Crippen molar-refractivity contribution in [2.45, 2.75) is 18.9 Å². The predicted octanol–water partition coefficient (Wildman–Crippen LogP) is 1.71. The van der Waals surface area contributed by atoms with Crippen molar-refractivity contribution in [2.75, 3.05) is 26.2 Å². The van der Waals surface area contributed by atoms with Gasteiger partial charge in [0, 0.05) is 31.7 Å². The molecule has 2 saturated heterocycles. The summed E-state index contributed by atoms with van der Waals surface area (Å²) in [7, 11) is 0. The Balaban J connectivity index is 1.53. The van der Waals surface area contributed by atoms with Gasteiger partial charge in [0.05, 0.1) is 23.5 Å². The summed E-state index contributed by atoms with van der Waals surface area (Å²) in [5.41, 5.74) is 2.26. The number of carbonyl (C=O) groups excluding carboxylic acids is 2. The number of aromatic nitrogens is 2. The number of carbonyl (C=O) groups is 2. The van der Waals surface area contributed by atoms with Crippen molar-refractivity contribution in [2.24, 2.45) is 0 Å². The summed E-state index contributed by atoms with van der Waals surface area (Å²) in [6.07, 6.45) is 3.43. The standard InChI is InChI=1S/C18H21N5O2/c24-17(15-11-20-21-16(15)13-5-2-1-3-6-13)22-9-4-7-14(12-22)23-10-8-19-18(23)25/h1-3,5-6,11,14H,4,7-10,12H2,(H,19,25)(H,20,21). The van der Waals surface area contributed by atoms with Crippen molar-refractivity contribution in [1.82, 2.24) is 25.3 Å². The molecule has 25 heavy (non-hydrogen) atoms. The number of piperidine rings is 1. The number of hydrogen-bond acceptors (Lipinski definition) is 3. The Morgan fingerprint density at radius 3 is 2.80 bits per heavy atom. The molecule has 0 aliphatic carbocycles. The van der Waals surface area contributed by atoms with Gasteiger partial charge in [-0.05, 0) is 12.8 Å². The molecular formula is C18H21N5O2. The smallest absolute Gasteiger partial charge is 0.317 e. The molecule has 2 aliphatic rings. The average Bonchev–Trinajstić information content (AvgIpc) is 3.31. The van der Waals surface area contributed by atoms with Gasteiger partial charge in [0.15, 0.2) is 0 Å². The number of amides is 3. The molecule has 4 rings (SSSR count). The molecule has 1 unspecified atom stereocenters. The van der Waals surface area contributed by atoms with E-state index in [9.17, 15) is 9.59 Å². The average molecular weight is 339 g/mol. The summed E-state index contributed by atoms with van der Waals surface area (Å²) in [6, 6.07) is 9.80. The van der Waals surface area contributed by atoms with Gasteiger partial charge < -0.3 is 15.1 Å². The Labute approximate surface area is 146 Å². The summed E-state index contributed by atoms with van der Waals surface area (Å²) in [6.45, 7) is 2.69. The van der Waals surface area contributed by atoms with Crippen LogP contribution in [0.3, 0.4) is 0 Å². The lowest BCUT2D eigenvalue weighted by molar-refractivity contribution is 0.0635. The zero-order valence-electron chi connectivity index (χ0n) is 13.9. The number of nitrogens with one attached hydrogen (secondary N) is 2. The van der Waals surface area contributed by atoms with Gasteiger partial charge in [-0.15, -0.1) is 0 Å². The zero-order chi connectivity index (χ0) is 17.2. The lowest BCUT2D eigenvalue weighted by atomic mass is 10.0. The van der Waals surface area contributed by atoms with Crippen LogP contribution < -0.4 is 5.32 Å². The van der Waals surface area contributed by atoms with Crippen molar-refractivity contribution in [3.63, 3.8) is 0 Å². The second kappa shape index (κ2) is 6.58. The molecule has 0 spiro atoms. The SMILES string of the molecule is O=C(c1cn[nH]c1-c1ccccc1)N1CCCC(N2CCNC2=O)C1. The largest absolute Gasteiger partial charge is 0.336 e. The number of urea groups is 1. The molecule has 1 aromatic carbocycles. The number of likely N-dealkylation sites (tertiary alicyclic amines) is 1. The first-order valence-corrected chi connectivity index (χ1v) is 8.66. The van der Waals surface area contributed by atoms with Crippen LogP contribution in [-0.2, 0) is 0 Å². The first-order valence-electron chi connectivity index (χ1n) is 8.66. The number of nitrogens with zero attached hydrogens (tertiary/aromatic N) is 3. The Hall–Kier alpha value is -2.83. The van der Waals surface area contributed by atoms with E-state index < -0.39 is 0 Å². The van der Waals surface area contributed by atoms with Crippen LogP contribution in [0.4, 0.5) is 4.79 Å². The topological polar surface area (TPSA) is 81.3 Å². The highest BCUT2D eigenvalue weighted by Crippen LogP contribution is 2.24. The molecule has 2 aliphatic heterocycles. The number of benzene rings is 1. The van der Waals surface area contributed by atoms with Crippen LogP contribution in [0.1, 0.15) is 23.2 Å². The third-order valence-electron chi connectivity index (χ3n) is 4.95. The molecule has 2 aromatic rings. The van der Waals surface area contributed by atoms with Gasteiger partial charge in [-0.3, -0.25) is 9.89 Å². The fraction of sp³-hybridized carbons (Fsp3) is 0.389. The molecule has 0 radical (unpaired) electrons. The molecule has 2 fully saturated rings. The molecule has 1 atom stereocenters. The molecule has 2 N–H and O–H groups in total. The Bertz CT molecular complexity index is 773. The van der Waals surface area contributed by atoms with E-state index in [0.29, 0.717) is 31.7 Å². The van der Waals surface area contributed by atoms with Crippen LogP contribution in [-0.4, -0.2) is 64.2 Å². The maximum Gasteiger partial charge on any atom is 0.317 e. The maximum absolute atomic E-state index is 13.0. The highest BCUT2D eigenvalue weighted by Gasteiger charge is 2.33. The zero-order valence-corrected chi connectivity index (χ0v) is 13.9. The quantitative estimate of drug-likeness (QED) is 0.893. The summed E-state index contributed by atoms with van der Waals surface area (Å²) in [5, 5.41) is 9.86. The van der Waals surface area contributed by atoms with E-state index in [1.807, 2.05) is 40.1 Å². The van der Waals surface area contributed by atoms with Crippen LogP contribution in [0, 0.1) is 0 Å². The summed E-state index contributed by atoms with van der Waals surface area (Å²) in [4.78, 5) is 28.7. The van der Waals surface area contributed by atoms with Crippen molar-refractivity contribution in [1.29, 1.82) is 0 Å². The second-order valence-electron chi connectivity index (χ2n) is 6.50. The minimum atomic E-state index is -0.0306. The number of rotatable bonds is 3. The van der Waals surface area contributed by atoms with E-state index in [-0.39, 0.29) is 18.0 Å². The molecule has 1 aromatic heterocycles. The molecule has 3 amide bonds. The van der Waals surface area contributed by atoms with Crippen molar-refractivity contribution in [3.8, 4) is 11.3 Å². The van der Waals surface area contributed by atoms with Crippen LogP contribution in [0.15, 0.2) is 36.5 Å². The van der Waals surface area contributed by atoms with E-state index in [1.165, 1.54) is 0 Å². The molecule has 7 heteroatoms. The molecule has 7 nitrogen and oxygen atoms in total. The van der Waals surface area contributed by atoms with E-state index in [1.54, 1.807) is 6.20 Å². The number of aromatic amines is 1. The first kappa shape index (κ1) is 15.7. The Kier molecular flexibility index (Phi) is 4.13. The van der Waals surface area contributed by atoms with Crippen LogP contribution in [0.5, 0.6) is 0 Å². The third-order valence-corrected chi connectivity index (χ3v) is 4.95. The predicted molar refractivity (Wildman–Crippen MR) is 93.1 cm³/mol. The van der Waals surface area contributed by atoms with Crippen molar-refractivity contribution in [3.05, 3.63) is 42.1 Å². The van der Waals surface area contributed by atoms with Gasteiger partial charge in [-0.25, -0.2) is 4.79 Å². The molecular weight excluding hydrogens is 318 g/mol. The van der Waals surface area contributed by atoms with E-state index in [0.717, 1.165) is 24.1 Å². The normalized spacial score (nSPS) is 20.6. The monoisotopic (exact) mass is 339 g/mol. The number of H-pyrrole nitrogens is 1. The molecule has 3 heterocycles. The van der Waals surface area contributed by atoms with Gasteiger partial charge >= 0.3 is 6.03 Å². The Morgan fingerprint density at radius 2 is 2.04 bits per heavy atom. The maximum atomic E-state index is 13.0. The lowest BCUT2D eigenvalue weighted by Gasteiger charge is -2.37. The highest BCUT2D eigenvalue weighted by atomic mass is 16.2. The van der Waals surface area contributed by atoms with Crippen molar-refractivity contribution < 1.29 is 9.59 Å². The second-order valence-corrected chi connectivity index (χ2v) is 6.50. The van der Waals surface area contributed by atoms with E-state index in [2.05, 4.69) is 15.5 Å². The lowest BCUT2D eigenvalue weighted by Crippen LogP contribution is -2.50. The molecule has 130 valence electrons. The first-order chi connectivity index (χ1) is 12.2. The summed E-state index contributed by atoms with van der Waals surface area (Å²) >= 11 is 0. The summed E-state index contributed by atoms with van der Waals surface area (Å²) in [5.74, 6) is -0.0306. The molecule has 0 saturated carbocycles. The van der Waals surface area contributed by atoms with E-state index >= 15 is 0 Å². The fourth-order valence-corrected chi connectivity index (χ4v) is 3.67. The van der Waals surface area contributed by atoms with Crippen LogP contribution >= 0.6 is 0 Å². The summed E-state index contributed by atoms with van der Waals surface area (Å²) < 4.78 is 0. The highest BCUT2D eigenvalue weighted by molar-refractivity contribution is 5.99. The minimum absolute atomic E-state index is 0.0208. The van der Waals surface area contributed by atoms with Crippen LogP contribution in [0.2, 0.25) is 0 Å². The third kappa shape index (κ3) is 2.97. The van der Waals surface area contributed by atoms with Crippen LogP contribution in [0.25, 0.3) is 11.3 Å². The van der Waals surface area contributed by atoms with Gasteiger partial charge in [-0.2, -0.15) is 5.10 Å². The van der Waals surface area contributed by atoms with E-state index in [4.69, 9.17) is 0 Å². The Morgan fingerprint density at radius 1 is 1.20 bits per heavy atom. The van der Waals surface area contributed by atoms with Gasteiger partial charge in [-0.1, -0.05) is 30.3 Å².